The van der Waals surface area contributed by atoms with Crippen molar-refractivity contribution in [3.63, 3.8) is 0 Å². The van der Waals surface area contributed by atoms with Crippen LogP contribution in [0.5, 0.6) is 0 Å². The van der Waals surface area contributed by atoms with Crippen molar-refractivity contribution in [3.8, 4) is 0 Å². The monoisotopic (exact) mass is 281 g/mol. The quantitative estimate of drug-likeness (QED) is 0.753. The summed E-state index contributed by atoms with van der Waals surface area (Å²) in [7, 11) is 0. The summed E-state index contributed by atoms with van der Waals surface area (Å²) < 4.78 is 0. The highest BCUT2D eigenvalue weighted by molar-refractivity contribution is 8.00. The first kappa shape index (κ1) is 15.7. The molecule has 0 aliphatic carbocycles. The molecule has 0 aliphatic heterocycles. The van der Waals surface area contributed by atoms with Crippen LogP contribution < -0.4 is 5.32 Å². The molecule has 0 aromatic heterocycles. The molecule has 4 nitrogen and oxygen atoms in total. The van der Waals surface area contributed by atoms with Crippen LogP contribution in [0.3, 0.4) is 0 Å². The Kier molecular flexibility index (Phi) is 6.59. The van der Waals surface area contributed by atoms with Gasteiger partial charge in [-0.1, -0.05) is 19.1 Å². The molecule has 1 atom stereocenters. The van der Waals surface area contributed by atoms with Crippen molar-refractivity contribution in [2.75, 3.05) is 17.7 Å². The normalized spacial score (nSPS) is 11.9. The second-order valence-electron chi connectivity index (χ2n) is 4.28. The summed E-state index contributed by atoms with van der Waals surface area (Å²) in [5, 5.41) is 11.8. The molecule has 1 aromatic rings. The lowest BCUT2D eigenvalue weighted by Crippen LogP contribution is -2.17. The number of carbonyl (C=O) groups excluding carboxylic acids is 2. The summed E-state index contributed by atoms with van der Waals surface area (Å²) in [5.41, 5.74) is 1.07. The third kappa shape index (κ3) is 5.44. The summed E-state index contributed by atoms with van der Waals surface area (Å²) in [6.45, 7) is 3.57. The minimum absolute atomic E-state index is 0.0720. The van der Waals surface area contributed by atoms with Crippen LogP contribution in [0.15, 0.2) is 24.3 Å². The van der Waals surface area contributed by atoms with Crippen LogP contribution >= 0.6 is 11.8 Å². The fraction of sp³-hybridized carbons (Fsp3) is 0.429. The van der Waals surface area contributed by atoms with Crippen LogP contribution in [-0.4, -0.2) is 34.4 Å². The molecule has 19 heavy (non-hydrogen) atoms. The predicted octanol–water partition coefficient (Wildman–Crippen LogP) is 2.33. The number of aliphatic hydroxyl groups is 1. The second-order valence-corrected chi connectivity index (χ2v) is 5.71. The number of rotatable bonds is 7. The standard InChI is InChI=1S/C14H19NO3S/c1-10(7-8-16)19-9-14(18)15-13-6-4-3-5-12(13)11(2)17/h3-6,10,16H,7-9H2,1-2H3,(H,15,18). The molecule has 0 radical (unpaired) electrons. The van der Waals surface area contributed by atoms with Crippen molar-refractivity contribution in [2.24, 2.45) is 0 Å². The number of Topliss-reactive ketones (excluding diaryl/α,β-unsaturated/α-hetero) is 1. The average molecular weight is 281 g/mol. The number of aliphatic hydroxyl groups excluding tert-OH is 1. The SMILES string of the molecule is CC(=O)c1ccccc1NC(=O)CSC(C)CCO. The van der Waals surface area contributed by atoms with Crippen LogP contribution in [-0.2, 0) is 4.79 Å². The number of hydrogen-bond acceptors (Lipinski definition) is 4. The van der Waals surface area contributed by atoms with E-state index < -0.39 is 0 Å². The van der Waals surface area contributed by atoms with Crippen LogP contribution in [0.1, 0.15) is 30.6 Å². The lowest BCUT2D eigenvalue weighted by molar-refractivity contribution is -0.113. The zero-order valence-corrected chi connectivity index (χ0v) is 12.0. The van der Waals surface area contributed by atoms with Gasteiger partial charge in [-0.3, -0.25) is 9.59 Å². The van der Waals surface area contributed by atoms with Gasteiger partial charge in [-0.2, -0.15) is 0 Å². The molecule has 1 aromatic carbocycles. The Balaban J connectivity index is 2.55. The van der Waals surface area contributed by atoms with Crippen molar-refractivity contribution in [2.45, 2.75) is 25.5 Å². The first-order valence-electron chi connectivity index (χ1n) is 6.17. The van der Waals surface area contributed by atoms with Gasteiger partial charge in [0.25, 0.3) is 0 Å². The molecule has 104 valence electrons. The zero-order chi connectivity index (χ0) is 14.3. The fourth-order valence-corrected chi connectivity index (χ4v) is 2.35. The Hall–Kier alpha value is -1.33. The van der Waals surface area contributed by atoms with Crippen molar-refractivity contribution in [1.29, 1.82) is 0 Å². The van der Waals surface area contributed by atoms with Gasteiger partial charge < -0.3 is 10.4 Å². The van der Waals surface area contributed by atoms with E-state index in [-0.39, 0.29) is 23.5 Å². The minimum Gasteiger partial charge on any atom is -0.396 e. The fourth-order valence-electron chi connectivity index (χ4n) is 1.57. The summed E-state index contributed by atoms with van der Waals surface area (Å²) in [6.07, 6.45) is 0.669. The van der Waals surface area contributed by atoms with Gasteiger partial charge in [-0.15, -0.1) is 11.8 Å². The van der Waals surface area contributed by atoms with Gasteiger partial charge >= 0.3 is 0 Å². The Morgan fingerprint density at radius 3 is 2.68 bits per heavy atom. The molecule has 0 fully saturated rings. The number of benzene rings is 1. The number of hydrogen-bond donors (Lipinski definition) is 2. The molecule has 0 aliphatic rings. The van der Waals surface area contributed by atoms with E-state index in [2.05, 4.69) is 5.32 Å². The molecule has 0 saturated heterocycles. The van der Waals surface area contributed by atoms with E-state index in [0.717, 1.165) is 0 Å². The van der Waals surface area contributed by atoms with Gasteiger partial charge in [-0.05, 0) is 25.5 Å². The highest BCUT2D eigenvalue weighted by atomic mass is 32.2. The van der Waals surface area contributed by atoms with E-state index >= 15 is 0 Å². The van der Waals surface area contributed by atoms with Gasteiger partial charge in [0.2, 0.25) is 5.91 Å². The topological polar surface area (TPSA) is 66.4 Å². The summed E-state index contributed by atoms with van der Waals surface area (Å²) in [4.78, 5) is 23.2. The summed E-state index contributed by atoms with van der Waals surface area (Å²) in [5.74, 6) is 0.105. The van der Waals surface area contributed by atoms with E-state index in [0.29, 0.717) is 23.4 Å². The molecule has 0 spiro atoms. The lowest BCUT2D eigenvalue weighted by atomic mass is 10.1. The lowest BCUT2D eigenvalue weighted by Gasteiger charge is -2.11. The number of amides is 1. The van der Waals surface area contributed by atoms with E-state index in [1.807, 2.05) is 6.92 Å². The second kappa shape index (κ2) is 7.96. The highest BCUT2D eigenvalue weighted by Gasteiger charge is 2.11. The van der Waals surface area contributed by atoms with Gasteiger partial charge in [0, 0.05) is 17.4 Å². The van der Waals surface area contributed by atoms with Gasteiger partial charge in [-0.25, -0.2) is 0 Å². The number of ketones is 1. The maximum atomic E-state index is 11.8. The van der Waals surface area contributed by atoms with Crippen molar-refractivity contribution in [3.05, 3.63) is 29.8 Å². The molecule has 0 bridgehead atoms. The molecule has 2 N–H and O–H groups in total. The van der Waals surface area contributed by atoms with Crippen LogP contribution in [0.25, 0.3) is 0 Å². The average Bonchev–Trinajstić information content (AvgIpc) is 2.37. The van der Waals surface area contributed by atoms with Crippen LogP contribution in [0.2, 0.25) is 0 Å². The molecular weight excluding hydrogens is 262 g/mol. The van der Waals surface area contributed by atoms with Crippen LogP contribution in [0, 0.1) is 0 Å². The van der Waals surface area contributed by atoms with Gasteiger partial charge in [0.05, 0.1) is 11.4 Å². The number of para-hydroxylation sites is 1. The first-order valence-corrected chi connectivity index (χ1v) is 7.21. The Labute approximate surface area is 117 Å². The number of nitrogens with one attached hydrogen (secondary N) is 1. The Bertz CT molecular complexity index is 448. The Morgan fingerprint density at radius 2 is 2.05 bits per heavy atom. The molecule has 1 amide bonds. The maximum Gasteiger partial charge on any atom is 0.234 e. The zero-order valence-electron chi connectivity index (χ0n) is 11.2. The predicted molar refractivity (Wildman–Crippen MR) is 78.7 cm³/mol. The van der Waals surface area contributed by atoms with E-state index in [1.165, 1.54) is 18.7 Å². The molecule has 5 heteroatoms. The van der Waals surface area contributed by atoms with E-state index in [9.17, 15) is 9.59 Å². The van der Waals surface area contributed by atoms with Crippen molar-refractivity contribution < 1.29 is 14.7 Å². The van der Waals surface area contributed by atoms with Gasteiger partial charge in [0.1, 0.15) is 0 Å². The van der Waals surface area contributed by atoms with Crippen molar-refractivity contribution in [1.82, 2.24) is 0 Å². The van der Waals surface area contributed by atoms with Gasteiger partial charge in [0.15, 0.2) is 5.78 Å². The third-order valence-electron chi connectivity index (χ3n) is 2.62. The largest absolute Gasteiger partial charge is 0.396 e. The first-order chi connectivity index (χ1) is 9.04. The van der Waals surface area contributed by atoms with Crippen molar-refractivity contribution >= 4 is 29.1 Å². The molecule has 0 saturated carbocycles. The smallest absolute Gasteiger partial charge is 0.234 e. The van der Waals surface area contributed by atoms with E-state index in [4.69, 9.17) is 5.11 Å². The number of carbonyl (C=O) groups is 2. The Morgan fingerprint density at radius 1 is 1.37 bits per heavy atom. The molecule has 1 unspecified atom stereocenters. The maximum absolute atomic E-state index is 11.8. The number of anilines is 1. The number of thioether (sulfide) groups is 1. The summed E-state index contributed by atoms with van der Waals surface area (Å²) in [6, 6.07) is 6.96. The molecule has 0 heterocycles. The third-order valence-corrected chi connectivity index (χ3v) is 3.85. The van der Waals surface area contributed by atoms with E-state index in [1.54, 1.807) is 24.3 Å². The minimum atomic E-state index is -0.136. The molecular formula is C14H19NO3S. The molecule has 1 rings (SSSR count). The summed E-state index contributed by atoms with van der Waals surface area (Å²) >= 11 is 1.49. The highest BCUT2D eigenvalue weighted by Crippen LogP contribution is 2.17. The van der Waals surface area contributed by atoms with Crippen LogP contribution in [0.4, 0.5) is 5.69 Å².